The molecule has 4 aliphatic rings. The average Bonchev–Trinajstić information content (AvgIpc) is 3.49. The second kappa shape index (κ2) is 5.27. The van der Waals surface area contributed by atoms with Gasteiger partial charge in [0.05, 0.1) is 0 Å². The molecule has 0 saturated carbocycles. The van der Waals surface area contributed by atoms with Crippen LogP contribution >= 0.6 is 0 Å². The molecule has 0 aliphatic carbocycles. The number of hydrogen-bond acceptors (Lipinski definition) is 4. The number of para-hydroxylation sites is 2. The Kier molecular flexibility index (Phi) is 3.07. The van der Waals surface area contributed by atoms with Gasteiger partial charge in [-0.1, -0.05) is 0 Å². The normalized spacial score (nSPS) is 37.4. The molecule has 7 nitrogen and oxygen atoms in total. The number of likely N-dealkylation sites (N-methyl/N-ethyl adjacent to an activating group) is 1. The predicted molar refractivity (Wildman–Crippen MR) is 115 cm³/mol. The van der Waals surface area contributed by atoms with Crippen LogP contribution in [0.25, 0.3) is 10.9 Å². The first-order chi connectivity index (χ1) is 14.9. The first-order valence-electron chi connectivity index (χ1n) is 10.4. The van der Waals surface area contributed by atoms with E-state index in [-0.39, 0.29) is 11.8 Å². The number of benzene rings is 2. The summed E-state index contributed by atoms with van der Waals surface area (Å²) in [5, 5.41) is 16.8. The number of nitrogens with one attached hydrogen (secondary N) is 2. The zero-order valence-electron chi connectivity index (χ0n) is 17.0. The summed E-state index contributed by atoms with van der Waals surface area (Å²) in [6.07, 6.45) is 0.420. The van der Waals surface area contributed by atoms with Gasteiger partial charge >= 0.3 is 189 Å². The molecule has 3 N–H and O–H groups in total. The summed E-state index contributed by atoms with van der Waals surface area (Å²) in [6, 6.07) is 15.9. The quantitative estimate of drug-likeness (QED) is 0.419. The van der Waals surface area contributed by atoms with E-state index in [0.29, 0.717) is 0 Å². The number of aliphatic hydroxyl groups excluding tert-OH is 1. The third-order valence-corrected chi connectivity index (χ3v) is 14.1. The van der Waals surface area contributed by atoms with Gasteiger partial charge in [0.1, 0.15) is 0 Å². The third-order valence-electron chi connectivity index (χ3n) is 7.97. The molecule has 2 bridgehead atoms. The number of anilines is 1. The Morgan fingerprint density at radius 3 is 2.61 bits per heavy atom. The molecule has 5 atom stereocenters. The topological polar surface area (TPSA) is 88.7 Å². The van der Waals surface area contributed by atoms with E-state index in [4.69, 9.17) is 0 Å². The molecular formula is C23H20N4O3Sn. The summed E-state index contributed by atoms with van der Waals surface area (Å²) in [5.74, 6) is -0.145. The minimum atomic E-state index is -1.70. The maximum atomic E-state index is 13.8. The molecule has 0 unspecified atom stereocenters. The zero-order valence-corrected chi connectivity index (χ0v) is 19.9. The van der Waals surface area contributed by atoms with E-state index in [9.17, 15) is 14.7 Å². The van der Waals surface area contributed by atoms with Gasteiger partial charge in [-0.3, -0.25) is 0 Å². The van der Waals surface area contributed by atoms with Crippen LogP contribution in [0, 0.1) is 0 Å². The Labute approximate surface area is 188 Å². The predicted octanol–water partition coefficient (Wildman–Crippen LogP) is 1.01. The van der Waals surface area contributed by atoms with E-state index < -0.39 is 45.9 Å². The van der Waals surface area contributed by atoms with Gasteiger partial charge in [-0.2, -0.15) is 0 Å². The Morgan fingerprint density at radius 1 is 1.03 bits per heavy atom. The van der Waals surface area contributed by atoms with Crippen molar-refractivity contribution in [2.24, 2.45) is 0 Å². The molecule has 7 rings (SSSR count). The molecule has 8 heteroatoms. The Morgan fingerprint density at radius 2 is 1.77 bits per heavy atom. The summed E-state index contributed by atoms with van der Waals surface area (Å²) in [6.45, 7) is 1.88. The second-order valence-corrected chi connectivity index (χ2v) is 14.8. The van der Waals surface area contributed by atoms with E-state index in [2.05, 4.69) is 10.3 Å². The molecule has 31 heavy (non-hydrogen) atoms. The van der Waals surface area contributed by atoms with E-state index >= 15 is 0 Å². The van der Waals surface area contributed by atoms with Crippen molar-refractivity contribution in [3.05, 3.63) is 65.9 Å². The third kappa shape index (κ3) is 1.63. The van der Waals surface area contributed by atoms with Gasteiger partial charge in [0.2, 0.25) is 0 Å². The zero-order chi connectivity index (χ0) is 21.3. The van der Waals surface area contributed by atoms with Crippen LogP contribution in [0.1, 0.15) is 18.1 Å². The van der Waals surface area contributed by atoms with Gasteiger partial charge in [-0.25, -0.2) is 0 Å². The van der Waals surface area contributed by atoms with Gasteiger partial charge in [0.15, 0.2) is 0 Å². The first kappa shape index (κ1) is 18.1. The molecule has 4 aliphatic heterocycles. The van der Waals surface area contributed by atoms with Crippen molar-refractivity contribution >= 4 is 49.5 Å². The number of aromatic amines is 1. The van der Waals surface area contributed by atoms with E-state index in [1.54, 1.807) is 16.8 Å². The summed E-state index contributed by atoms with van der Waals surface area (Å²) in [7, 11) is 1.72. The minimum absolute atomic E-state index is 0.0349. The summed E-state index contributed by atoms with van der Waals surface area (Å²) < 4.78 is -1.86. The summed E-state index contributed by atoms with van der Waals surface area (Å²) in [4.78, 5) is 34.1. The number of carbonyl (C=O) groups is 2. The van der Waals surface area contributed by atoms with Crippen LogP contribution in [0.4, 0.5) is 5.69 Å². The number of piperazine rings is 1. The Hall–Kier alpha value is -2.52. The number of rotatable bonds is 1. The van der Waals surface area contributed by atoms with E-state index in [0.717, 1.165) is 27.7 Å². The molecule has 2 aromatic carbocycles. The van der Waals surface area contributed by atoms with Crippen molar-refractivity contribution in [3.8, 4) is 0 Å². The molecule has 1 aromatic heterocycles. The number of fused-ring (bicyclic) bond motifs is 6. The van der Waals surface area contributed by atoms with Gasteiger partial charge in [0, 0.05) is 0 Å². The molecule has 5 heterocycles. The van der Waals surface area contributed by atoms with Crippen molar-refractivity contribution in [3.63, 3.8) is 0 Å². The van der Waals surface area contributed by atoms with Crippen LogP contribution in [-0.2, 0) is 15.0 Å². The van der Waals surface area contributed by atoms with Crippen molar-refractivity contribution in [1.82, 2.24) is 14.8 Å². The standard InChI is InChI=1S/C23H20N4O3.Sn/c1-12-20(29)27-18(21(30)26(12)2)19(28)23(14-8-4-6-10-17(14)25-22(23)27)15-11-24-16-9-5-3-7-13(15)16;/h3-11,19,22,24-25,28H,1-2H3;/t19-,22-,23-;/m1./s1. The van der Waals surface area contributed by atoms with Crippen LogP contribution < -0.4 is 5.32 Å². The molecule has 3 saturated heterocycles. The number of carbonyl (C=O) groups excluding carboxylic acids is 2. The van der Waals surface area contributed by atoms with Gasteiger partial charge in [-0.15, -0.1) is 0 Å². The maximum absolute atomic E-state index is 13.8. The van der Waals surface area contributed by atoms with Crippen LogP contribution in [0.2, 0.25) is 0 Å². The average molecular weight is 519 g/mol. The molecule has 1 spiro atoms. The van der Waals surface area contributed by atoms with Gasteiger partial charge < -0.3 is 0 Å². The molecular weight excluding hydrogens is 499 g/mol. The van der Waals surface area contributed by atoms with Crippen molar-refractivity contribution in [1.29, 1.82) is 0 Å². The van der Waals surface area contributed by atoms with Crippen molar-refractivity contribution in [2.75, 3.05) is 12.4 Å². The Bertz CT molecular complexity index is 1340. The number of hydrogen-bond donors (Lipinski definition) is 3. The van der Waals surface area contributed by atoms with Crippen LogP contribution in [0.15, 0.2) is 54.7 Å². The van der Waals surface area contributed by atoms with E-state index in [1.165, 1.54) is 0 Å². The van der Waals surface area contributed by atoms with Crippen molar-refractivity contribution in [2.45, 2.75) is 31.7 Å². The number of aromatic nitrogens is 1. The van der Waals surface area contributed by atoms with Crippen molar-refractivity contribution < 1.29 is 14.7 Å². The summed E-state index contributed by atoms with van der Waals surface area (Å²) in [5.41, 5.74) is 2.82. The number of amides is 2. The molecule has 3 aromatic rings. The van der Waals surface area contributed by atoms with Gasteiger partial charge in [0.25, 0.3) is 0 Å². The fourth-order valence-corrected chi connectivity index (χ4v) is 12.8. The Balaban J connectivity index is 1.59. The van der Waals surface area contributed by atoms with Gasteiger partial charge in [-0.05, 0) is 0 Å². The fourth-order valence-electron chi connectivity index (χ4n) is 6.49. The monoisotopic (exact) mass is 520 g/mol. The fraction of sp³-hybridized carbons (Fsp3) is 0.304. The van der Waals surface area contributed by atoms with E-state index in [1.807, 2.05) is 61.7 Å². The number of nitrogens with zero attached hydrogens (tertiary/aromatic N) is 2. The van der Waals surface area contributed by atoms with Crippen LogP contribution in [0.3, 0.4) is 0 Å². The van der Waals surface area contributed by atoms with Crippen LogP contribution in [0.5, 0.6) is 0 Å². The molecule has 2 amide bonds. The van der Waals surface area contributed by atoms with Crippen LogP contribution in [-0.4, -0.2) is 79.3 Å². The summed E-state index contributed by atoms with van der Waals surface area (Å²) >= 11 is -1.70. The molecule has 2 radical (unpaired) electrons. The molecule has 154 valence electrons. The SMILES string of the molecule is CN1C(=O)[C@]23[Sn][C@@]1(C)C(=O)N2[C@H]1Nc2ccccc2[C@@]1(c1c[nH]c2ccccc12)[C@@H]3O. The second-order valence-electron chi connectivity index (χ2n) is 9.11. The number of H-pyrrole nitrogens is 1. The first-order valence-corrected chi connectivity index (χ1v) is 13.3. The number of aliphatic hydroxyl groups is 1. The molecule has 3 fully saturated rings.